The molecule has 4 rings (SSSR count). The van der Waals surface area contributed by atoms with Gasteiger partial charge in [0.1, 0.15) is 10.6 Å². The van der Waals surface area contributed by atoms with Crippen LogP contribution in [0.1, 0.15) is 15.4 Å². The molecule has 2 amide bonds. The molecule has 1 aromatic carbocycles. The van der Waals surface area contributed by atoms with Crippen LogP contribution in [-0.2, 0) is 11.3 Å². The lowest BCUT2D eigenvalue weighted by Gasteiger charge is -2.16. The maximum atomic E-state index is 13.2. The largest absolute Gasteiger partial charge is 0.467 e. The molecular formula is C22H19N3O4S. The third kappa shape index (κ3) is 4.33. The van der Waals surface area contributed by atoms with E-state index < -0.39 is 0 Å². The Balaban J connectivity index is 1.54. The first-order chi connectivity index (χ1) is 14.6. The van der Waals surface area contributed by atoms with Crippen molar-refractivity contribution < 1.29 is 18.4 Å². The normalized spacial score (nSPS) is 10.7. The van der Waals surface area contributed by atoms with Crippen LogP contribution in [0, 0.1) is 0 Å². The fourth-order valence-corrected chi connectivity index (χ4v) is 3.93. The number of carbonyl (C=O) groups is 2. The van der Waals surface area contributed by atoms with Crippen molar-refractivity contribution in [3.63, 3.8) is 0 Å². The number of rotatable bonds is 7. The average molecular weight is 421 g/mol. The summed E-state index contributed by atoms with van der Waals surface area (Å²) >= 11 is 1.24. The topological polar surface area (TPSA) is 88.6 Å². The van der Waals surface area contributed by atoms with Crippen molar-refractivity contribution in [1.82, 2.24) is 15.2 Å². The fraction of sp³-hybridized carbons (Fsp3) is 0.136. The summed E-state index contributed by atoms with van der Waals surface area (Å²) in [5.74, 6) is 0.681. The van der Waals surface area contributed by atoms with Gasteiger partial charge in [-0.3, -0.25) is 9.59 Å². The summed E-state index contributed by atoms with van der Waals surface area (Å²) in [4.78, 5) is 31.9. The summed E-state index contributed by atoms with van der Waals surface area (Å²) in [5, 5.41) is 3.35. The number of hydrogen-bond acceptors (Lipinski definition) is 6. The SMILES string of the molecule is CN(CC(=O)NCc1ccco1)C(=O)c1sc(-c2ccco2)nc1-c1ccccc1. The predicted molar refractivity (Wildman–Crippen MR) is 113 cm³/mol. The molecule has 0 aliphatic heterocycles. The molecule has 3 heterocycles. The number of aromatic nitrogens is 1. The monoisotopic (exact) mass is 421 g/mol. The minimum absolute atomic E-state index is 0.0816. The summed E-state index contributed by atoms with van der Waals surface area (Å²) in [7, 11) is 1.59. The molecule has 0 spiro atoms. The number of thiazole rings is 1. The zero-order valence-corrected chi connectivity index (χ0v) is 17.0. The van der Waals surface area contributed by atoms with Crippen LogP contribution in [0.4, 0.5) is 0 Å². The number of amides is 2. The molecule has 0 bridgehead atoms. The highest BCUT2D eigenvalue weighted by Crippen LogP contribution is 2.34. The molecule has 3 aromatic heterocycles. The van der Waals surface area contributed by atoms with Crippen molar-refractivity contribution in [2.45, 2.75) is 6.54 Å². The lowest BCUT2D eigenvalue weighted by molar-refractivity contribution is -0.121. The third-order valence-electron chi connectivity index (χ3n) is 4.37. The molecule has 0 fully saturated rings. The summed E-state index contributed by atoms with van der Waals surface area (Å²) < 4.78 is 10.6. The average Bonchev–Trinajstić information content (AvgIpc) is 3.53. The smallest absolute Gasteiger partial charge is 0.266 e. The van der Waals surface area contributed by atoms with E-state index in [1.807, 2.05) is 30.3 Å². The first-order valence-electron chi connectivity index (χ1n) is 9.26. The van der Waals surface area contributed by atoms with Crippen LogP contribution in [0.2, 0.25) is 0 Å². The number of likely N-dealkylation sites (N-methyl/N-ethyl adjacent to an activating group) is 1. The summed E-state index contributed by atoms with van der Waals surface area (Å²) in [6.45, 7) is 0.189. The van der Waals surface area contributed by atoms with Crippen molar-refractivity contribution in [1.29, 1.82) is 0 Å². The van der Waals surface area contributed by atoms with E-state index in [4.69, 9.17) is 8.83 Å². The third-order valence-corrected chi connectivity index (χ3v) is 5.43. The van der Waals surface area contributed by atoms with Gasteiger partial charge in [0.25, 0.3) is 5.91 Å². The highest BCUT2D eigenvalue weighted by molar-refractivity contribution is 7.17. The van der Waals surface area contributed by atoms with E-state index in [0.717, 1.165) is 5.56 Å². The van der Waals surface area contributed by atoms with Crippen molar-refractivity contribution >= 4 is 23.2 Å². The van der Waals surface area contributed by atoms with E-state index in [2.05, 4.69) is 10.3 Å². The van der Waals surface area contributed by atoms with Gasteiger partial charge in [-0.1, -0.05) is 30.3 Å². The highest BCUT2D eigenvalue weighted by atomic mass is 32.1. The number of nitrogens with zero attached hydrogens (tertiary/aromatic N) is 2. The van der Waals surface area contributed by atoms with Gasteiger partial charge in [-0.25, -0.2) is 4.98 Å². The van der Waals surface area contributed by atoms with Crippen LogP contribution in [0.5, 0.6) is 0 Å². The second-order valence-corrected chi connectivity index (χ2v) is 7.56. The molecule has 4 aromatic rings. The second kappa shape index (κ2) is 8.79. The van der Waals surface area contributed by atoms with Gasteiger partial charge >= 0.3 is 0 Å². The molecule has 0 unspecified atom stereocenters. The number of furan rings is 2. The van der Waals surface area contributed by atoms with Crippen LogP contribution in [0.15, 0.2) is 76.0 Å². The molecule has 0 atom stereocenters. The Kier molecular flexibility index (Phi) is 5.76. The molecule has 0 aliphatic carbocycles. The fourth-order valence-electron chi connectivity index (χ4n) is 2.88. The molecule has 0 aliphatic rings. The number of benzene rings is 1. The molecule has 1 N–H and O–H groups in total. The van der Waals surface area contributed by atoms with Crippen molar-refractivity contribution in [2.24, 2.45) is 0 Å². The Bertz CT molecular complexity index is 1120. The Morgan fingerprint density at radius 2 is 1.80 bits per heavy atom. The van der Waals surface area contributed by atoms with Crippen LogP contribution in [0.25, 0.3) is 22.0 Å². The Hall–Kier alpha value is -3.65. The Morgan fingerprint density at radius 1 is 1.03 bits per heavy atom. The van der Waals surface area contributed by atoms with E-state index >= 15 is 0 Å². The summed E-state index contributed by atoms with van der Waals surface area (Å²) in [6.07, 6.45) is 3.11. The van der Waals surface area contributed by atoms with Crippen LogP contribution in [-0.4, -0.2) is 35.3 Å². The molecule has 30 heavy (non-hydrogen) atoms. The predicted octanol–water partition coefficient (Wildman–Crippen LogP) is 4.05. The number of carbonyl (C=O) groups excluding carboxylic acids is 2. The van der Waals surface area contributed by atoms with Gasteiger partial charge < -0.3 is 19.1 Å². The number of hydrogen-bond donors (Lipinski definition) is 1. The second-order valence-electron chi connectivity index (χ2n) is 6.56. The first-order valence-corrected chi connectivity index (χ1v) is 10.1. The van der Waals surface area contributed by atoms with Gasteiger partial charge in [0, 0.05) is 12.6 Å². The zero-order valence-electron chi connectivity index (χ0n) is 16.2. The molecular weight excluding hydrogens is 402 g/mol. The van der Waals surface area contributed by atoms with Crippen molar-refractivity contribution in [2.75, 3.05) is 13.6 Å². The van der Waals surface area contributed by atoms with Gasteiger partial charge in [-0.05, 0) is 24.3 Å². The summed E-state index contributed by atoms with van der Waals surface area (Å²) in [6, 6.07) is 16.6. The summed E-state index contributed by atoms with van der Waals surface area (Å²) in [5.41, 5.74) is 1.39. The maximum Gasteiger partial charge on any atom is 0.266 e. The minimum Gasteiger partial charge on any atom is -0.467 e. The first kappa shape index (κ1) is 19.7. The van der Waals surface area contributed by atoms with Gasteiger partial charge in [-0.2, -0.15) is 0 Å². The van der Waals surface area contributed by atoms with Gasteiger partial charge in [0.05, 0.1) is 31.3 Å². The molecule has 0 radical (unpaired) electrons. The molecule has 152 valence electrons. The van der Waals surface area contributed by atoms with Crippen LogP contribution >= 0.6 is 11.3 Å². The lowest BCUT2D eigenvalue weighted by Crippen LogP contribution is -2.38. The van der Waals surface area contributed by atoms with E-state index in [1.165, 1.54) is 16.2 Å². The van der Waals surface area contributed by atoms with Crippen molar-refractivity contribution in [3.05, 3.63) is 77.8 Å². The Labute approximate surface area is 177 Å². The van der Waals surface area contributed by atoms with Gasteiger partial charge in [0.15, 0.2) is 10.8 Å². The molecule has 0 saturated heterocycles. The molecule has 8 heteroatoms. The number of nitrogens with one attached hydrogen (secondary N) is 1. The Morgan fingerprint density at radius 3 is 2.50 bits per heavy atom. The van der Waals surface area contributed by atoms with Gasteiger partial charge in [0.2, 0.25) is 5.91 Å². The maximum absolute atomic E-state index is 13.2. The quantitative estimate of drug-likeness (QED) is 0.486. The van der Waals surface area contributed by atoms with E-state index in [1.54, 1.807) is 43.8 Å². The van der Waals surface area contributed by atoms with Crippen LogP contribution in [0.3, 0.4) is 0 Å². The van der Waals surface area contributed by atoms with Gasteiger partial charge in [-0.15, -0.1) is 11.3 Å². The van der Waals surface area contributed by atoms with E-state index in [-0.39, 0.29) is 24.9 Å². The molecule has 7 nitrogen and oxygen atoms in total. The minimum atomic E-state index is -0.280. The van der Waals surface area contributed by atoms with Crippen LogP contribution < -0.4 is 5.32 Å². The lowest BCUT2D eigenvalue weighted by atomic mass is 10.1. The van der Waals surface area contributed by atoms with Crippen molar-refractivity contribution in [3.8, 4) is 22.0 Å². The highest BCUT2D eigenvalue weighted by Gasteiger charge is 2.24. The zero-order chi connectivity index (χ0) is 20.9. The standard InChI is InChI=1S/C22H19N3O4S/c1-25(14-18(26)23-13-16-9-5-11-28-16)22(27)20-19(15-7-3-2-4-8-15)24-21(30-20)17-10-6-12-29-17/h2-12H,13-14H2,1H3,(H,23,26). The van der Waals surface area contributed by atoms with E-state index in [0.29, 0.717) is 27.1 Å². The van der Waals surface area contributed by atoms with E-state index in [9.17, 15) is 9.59 Å². The molecule has 0 saturated carbocycles.